The van der Waals surface area contributed by atoms with E-state index in [0.29, 0.717) is 4.70 Å². The van der Waals surface area contributed by atoms with E-state index in [2.05, 4.69) is 4.98 Å². The molecule has 2 atom stereocenters. The summed E-state index contributed by atoms with van der Waals surface area (Å²) in [6.07, 6.45) is -4.76. The minimum Gasteiger partial charge on any atom is -0.381 e. The molecular formula is C15H13F3N2O2S. The number of Topliss-reactive ketones (excluding diaryl/α,β-unsaturated/α-hetero) is 1. The van der Waals surface area contributed by atoms with E-state index in [9.17, 15) is 23.2 Å². The maximum Gasteiger partial charge on any atom is 0.416 e. The zero-order valence-electron chi connectivity index (χ0n) is 12.3. The van der Waals surface area contributed by atoms with E-state index in [1.54, 1.807) is 6.92 Å². The Kier molecular flexibility index (Phi) is 5.02. The molecule has 0 radical (unpaired) electrons. The van der Waals surface area contributed by atoms with Crippen LogP contribution in [0.3, 0.4) is 0 Å². The average Bonchev–Trinajstić information content (AvgIpc) is 2.89. The van der Waals surface area contributed by atoms with Crippen LogP contribution in [0.4, 0.5) is 13.2 Å². The molecule has 0 aliphatic carbocycles. The fraction of sp³-hybridized carbons (Fsp3) is 0.400. The smallest absolute Gasteiger partial charge is 0.381 e. The van der Waals surface area contributed by atoms with Crippen LogP contribution in [0.15, 0.2) is 18.2 Å². The Morgan fingerprint density at radius 3 is 2.74 bits per heavy atom. The van der Waals surface area contributed by atoms with Gasteiger partial charge in [-0.2, -0.15) is 18.4 Å². The third-order valence-electron chi connectivity index (χ3n) is 3.32. The van der Waals surface area contributed by atoms with Crippen molar-refractivity contribution in [2.24, 2.45) is 0 Å². The number of alkyl halides is 3. The van der Waals surface area contributed by atoms with Crippen molar-refractivity contribution in [2.75, 3.05) is 7.11 Å². The molecule has 2 aromatic rings. The number of methoxy groups -OCH3 is 1. The van der Waals surface area contributed by atoms with Crippen molar-refractivity contribution in [3.63, 3.8) is 0 Å². The van der Waals surface area contributed by atoms with Crippen LogP contribution in [-0.4, -0.2) is 24.0 Å². The van der Waals surface area contributed by atoms with E-state index in [-0.39, 0.29) is 28.8 Å². The lowest BCUT2D eigenvalue weighted by Gasteiger charge is -2.10. The van der Waals surface area contributed by atoms with Gasteiger partial charge < -0.3 is 4.74 Å². The second-order valence-electron chi connectivity index (χ2n) is 5.01. The number of nitrogens with zero attached hydrogens (tertiary/aromatic N) is 2. The molecule has 0 saturated carbocycles. The van der Waals surface area contributed by atoms with Crippen LogP contribution in [0.2, 0.25) is 0 Å². The summed E-state index contributed by atoms with van der Waals surface area (Å²) in [6, 6.07) is 5.06. The maximum absolute atomic E-state index is 12.7. The van der Waals surface area contributed by atoms with Crippen LogP contribution in [0.5, 0.6) is 0 Å². The normalized spacial score (nSPS) is 14.4. The van der Waals surface area contributed by atoms with Gasteiger partial charge in [0.2, 0.25) is 0 Å². The fourth-order valence-electron chi connectivity index (χ4n) is 1.99. The molecular weight excluding hydrogens is 329 g/mol. The molecule has 23 heavy (non-hydrogen) atoms. The summed E-state index contributed by atoms with van der Waals surface area (Å²) in [7, 11) is 1.45. The Morgan fingerprint density at radius 1 is 1.48 bits per heavy atom. The zero-order chi connectivity index (χ0) is 17.2. The number of benzene rings is 1. The highest BCUT2D eigenvalue weighted by molar-refractivity contribution is 7.18. The van der Waals surface area contributed by atoms with E-state index in [4.69, 9.17) is 4.74 Å². The molecule has 0 aliphatic heterocycles. The van der Waals surface area contributed by atoms with Crippen molar-refractivity contribution < 1.29 is 22.7 Å². The summed E-state index contributed by atoms with van der Waals surface area (Å²) in [6.45, 7) is 1.69. The summed E-state index contributed by atoms with van der Waals surface area (Å²) in [5.74, 6) is -1.46. The lowest BCUT2D eigenvalue weighted by molar-refractivity contribution is -0.137. The Hall–Kier alpha value is -1.98. The molecule has 1 heterocycles. The molecule has 2 rings (SSSR count). The lowest BCUT2D eigenvalue weighted by Crippen LogP contribution is -2.18. The first kappa shape index (κ1) is 17.4. The van der Waals surface area contributed by atoms with Gasteiger partial charge in [-0.15, -0.1) is 11.3 Å². The molecule has 1 aromatic heterocycles. The highest BCUT2D eigenvalue weighted by Gasteiger charge is 2.31. The standard InChI is InChI=1S/C15H13F3N2O2S/c1-8(22-2)5-12(21)10(7-19)14-20-11-6-9(15(16,17)18)3-4-13(11)23-14/h3-4,6,8,10H,5H2,1-2H3. The van der Waals surface area contributed by atoms with E-state index in [1.807, 2.05) is 6.07 Å². The van der Waals surface area contributed by atoms with Gasteiger partial charge in [-0.05, 0) is 25.1 Å². The van der Waals surface area contributed by atoms with Gasteiger partial charge in [0.25, 0.3) is 0 Å². The summed E-state index contributed by atoms with van der Waals surface area (Å²) in [5.41, 5.74) is -0.678. The SMILES string of the molecule is COC(C)CC(=O)C(C#N)c1nc2cc(C(F)(F)F)ccc2s1. The Labute approximate surface area is 134 Å². The van der Waals surface area contributed by atoms with Crippen molar-refractivity contribution in [3.05, 3.63) is 28.8 Å². The van der Waals surface area contributed by atoms with E-state index in [1.165, 1.54) is 13.2 Å². The Balaban J connectivity index is 2.35. The van der Waals surface area contributed by atoms with Gasteiger partial charge in [-0.25, -0.2) is 4.98 Å². The van der Waals surface area contributed by atoms with Gasteiger partial charge >= 0.3 is 6.18 Å². The van der Waals surface area contributed by atoms with Gasteiger partial charge in [-0.3, -0.25) is 4.79 Å². The Bertz CT molecular complexity index is 764. The quantitative estimate of drug-likeness (QED) is 0.826. The van der Waals surface area contributed by atoms with Gasteiger partial charge in [0, 0.05) is 13.5 Å². The highest BCUT2D eigenvalue weighted by atomic mass is 32.1. The molecule has 0 aliphatic rings. The molecule has 0 spiro atoms. The summed E-state index contributed by atoms with van der Waals surface area (Å²) in [4.78, 5) is 16.2. The number of hydrogen-bond donors (Lipinski definition) is 0. The molecule has 0 saturated heterocycles. The third kappa shape index (κ3) is 3.86. The predicted octanol–water partition coefficient (Wildman–Crippen LogP) is 3.92. The summed E-state index contributed by atoms with van der Waals surface area (Å²) >= 11 is 1.05. The topological polar surface area (TPSA) is 63.0 Å². The molecule has 0 bridgehead atoms. The number of ketones is 1. The van der Waals surface area contributed by atoms with Crippen molar-refractivity contribution in [2.45, 2.75) is 31.5 Å². The average molecular weight is 342 g/mol. The first-order valence-electron chi connectivity index (χ1n) is 6.69. The molecule has 0 amide bonds. The minimum absolute atomic E-state index is 0.0401. The number of hydrogen-bond acceptors (Lipinski definition) is 5. The van der Waals surface area contributed by atoms with Crippen LogP contribution >= 0.6 is 11.3 Å². The van der Waals surface area contributed by atoms with Crippen molar-refractivity contribution in [1.82, 2.24) is 4.98 Å². The van der Waals surface area contributed by atoms with E-state index >= 15 is 0 Å². The first-order valence-corrected chi connectivity index (χ1v) is 7.50. The summed E-state index contributed by atoms with van der Waals surface area (Å²) in [5, 5.41) is 9.42. The second-order valence-corrected chi connectivity index (χ2v) is 6.07. The number of carbonyl (C=O) groups is 1. The predicted molar refractivity (Wildman–Crippen MR) is 79.1 cm³/mol. The number of aromatic nitrogens is 1. The number of halogens is 3. The van der Waals surface area contributed by atoms with Gasteiger partial charge in [-0.1, -0.05) is 0 Å². The third-order valence-corrected chi connectivity index (χ3v) is 4.42. The second kappa shape index (κ2) is 6.64. The van der Waals surface area contributed by atoms with Crippen LogP contribution in [0, 0.1) is 11.3 Å². The van der Waals surface area contributed by atoms with Crippen molar-refractivity contribution in [1.29, 1.82) is 5.26 Å². The molecule has 8 heteroatoms. The van der Waals surface area contributed by atoms with Crippen LogP contribution in [-0.2, 0) is 15.7 Å². The van der Waals surface area contributed by atoms with Crippen LogP contribution < -0.4 is 0 Å². The van der Waals surface area contributed by atoms with Gasteiger partial charge in [0.15, 0.2) is 11.7 Å². The van der Waals surface area contributed by atoms with Crippen molar-refractivity contribution >= 4 is 27.3 Å². The van der Waals surface area contributed by atoms with E-state index in [0.717, 1.165) is 23.5 Å². The number of thiazole rings is 1. The summed E-state index contributed by atoms with van der Waals surface area (Å²) < 4.78 is 43.6. The molecule has 0 N–H and O–H groups in total. The number of ether oxygens (including phenoxy) is 1. The van der Waals surface area contributed by atoms with Crippen molar-refractivity contribution in [3.8, 4) is 6.07 Å². The zero-order valence-corrected chi connectivity index (χ0v) is 13.2. The number of carbonyl (C=O) groups excluding carboxylic acids is 1. The minimum atomic E-state index is -4.46. The van der Waals surface area contributed by atoms with Gasteiger partial charge in [0.05, 0.1) is 28.0 Å². The number of rotatable bonds is 5. The molecule has 2 unspecified atom stereocenters. The molecule has 1 aromatic carbocycles. The lowest BCUT2D eigenvalue weighted by atomic mass is 10.0. The number of nitriles is 1. The fourth-order valence-corrected chi connectivity index (χ4v) is 3.01. The van der Waals surface area contributed by atoms with Crippen LogP contribution in [0.1, 0.15) is 29.8 Å². The maximum atomic E-state index is 12.7. The van der Waals surface area contributed by atoms with E-state index < -0.39 is 17.7 Å². The molecule has 122 valence electrons. The molecule has 4 nitrogen and oxygen atoms in total. The monoisotopic (exact) mass is 342 g/mol. The number of fused-ring (bicyclic) bond motifs is 1. The Morgan fingerprint density at radius 2 is 2.17 bits per heavy atom. The highest BCUT2D eigenvalue weighted by Crippen LogP contribution is 2.34. The van der Waals surface area contributed by atoms with Crippen LogP contribution in [0.25, 0.3) is 10.2 Å². The molecule has 0 fully saturated rings. The largest absolute Gasteiger partial charge is 0.416 e. The van der Waals surface area contributed by atoms with Gasteiger partial charge in [0.1, 0.15) is 5.01 Å². The first-order chi connectivity index (χ1) is 10.8.